The Kier molecular flexibility index (Phi) is 4.97. The van der Waals surface area contributed by atoms with Crippen molar-refractivity contribution in [2.24, 2.45) is 5.73 Å². The molecule has 0 bridgehead atoms. The number of primary amides is 1. The van der Waals surface area contributed by atoms with Gasteiger partial charge in [0.25, 0.3) is 0 Å². The monoisotopic (exact) mass is 321 g/mol. The van der Waals surface area contributed by atoms with Gasteiger partial charge in [0.05, 0.1) is 0 Å². The first-order valence-electron chi connectivity index (χ1n) is 6.98. The van der Waals surface area contributed by atoms with Crippen LogP contribution in [-0.4, -0.2) is 18.1 Å². The summed E-state index contributed by atoms with van der Waals surface area (Å²) in [5.74, 6) is 0.626. The molecule has 0 radical (unpaired) electrons. The quantitative estimate of drug-likeness (QED) is 0.491. The number of carbonyl (C=O) groups excluding carboxylic acids is 3. The van der Waals surface area contributed by atoms with Crippen LogP contribution >= 0.6 is 0 Å². The summed E-state index contributed by atoms with van der Waals surface area (Å²) >= 11 is 0. The largest absolute Gasteiger partial charge is 0.399 e. The zero-order chi connectivity index (χ0) is 17.7. The Bertz CT molecular complexity index is 822. The van der Waals surface area contributed by atoms with Crippen LogP contribution in [0.1, 0.15) is 22.0 Å². The third-order valence-corrected chi connectivity index (χ3v) is 3.44. The molecule has 0 saturated carbocycles. The van der Waals surface area contributed by atoms with Crippen LogP contribution in [0.5, 0.6) is 0 Å². The van der Waals surface area contributed by atoms with Crippen LogP contribution in [0.2, 0.25) is 0 Å². The maximum Gasteiger partial charge on any atom is 0.303 e. The van der Waals surface area contributed by atoms with E-state index in [9.17, 15) is 14.4 Å². The molecule has 1 atom stereocenters. The summed E-state index contributed by atoms with van der Waals surface area (Å²) in [5, 5.41) is 0. The summed E-state index contributed by atoms with van der Waals surface area (Å²) in [6, 6.07) is 11.6. The van der Waals surface area contributed by atoms with Gasteiger partial charge in [-0.05, 0) is 41.8 Å². The summed E-state index contributed by atoms with van der Waals surface area (Å²) in [7, 11) is 0. The van der Waals surface area contributed by atoms with Crippen LogP contribution in [0.25, 0.3) is 0 Å². The average Bonchev–Trinajstić information content (AvgIpc) is 2.60. The third kappa shape index (κ3) is 3.42. The Morgan fingerprint density at radius 1 is 1.17 bits per heavy atom. The Morgan fingerprint density at radius 2 is 1.83 bits per heavy atom. The summed E-state index contributed by atoms with van der Waals surface area (Å²) in [5.41, 5.74) is 12.5. The molecule has 0 spiro atoms. The lowest BCUT2D eigenvalue weighted by Gasteiger charge is -2.27. The molecule has 6 nitrogen and oxygen atoms in total. The van der Waals surface area contributed by atoms with Crippen molar-refractivity contribution in [2.75, 3.05) is 10.6 Å². The molecule has 0 saturated heterocycles. The summed E-state index contributed by atoms with van der Waals surface area (Å²) in [6.07, 6.45) is 5.83. The minimum Gasteiger partial charge on any atom is -0.399 e. The van der Waals surface area contributed by atoms with E-state index >= 15 is 0 Å². The normalized spacial score (nSPS) is 11.1. The second kappa shape index (κ2) is 7.11. The number of aldehydes is 1. The van der Waals surface area contributed by atoms with Gasteiger partial charge < -0.3 is 16.3 Å². The van der Waals surface area contributed by atoms with Gasteiger partial charge in [-0.2, -0.15) is 0 Å². The van der Waals surface area contributed by atoms with Crippen molar-refractivity contribution in [2.45, 2.75) is 6.04 Å². The highest BCUT2D eigenvalue weighted by Gasteiger charge is 2.26. The Hall–Kier alpha value is -3.59. The lowest BCUT2D eigenvalue weighted by Crippen LogP contribution is -2.35. The number of amides is 2. The molecule has 0 aliphatic heterocycles. The lowest BCUT2D eigenvalue weighted by molar-refractivity contribution is -0.116. The van der Waals surface area contributed by atoms with Crippen molar-refractivity contribution in [3.8, 4) is 12.3 Å². The highest BCUT2D eigenvalue weighted by atomic mass is 16.2. The van der Waals surface area contributed by atoms with Crippen LogP contribution in [0.15, 0.2) is 48.5 Å². The van der Waals surface area contributed by atoms with Gasteiger partial charge in [-0.25, -0.2) is 0 Å². The minimum absolute atomic E-state index is 0.198. The molecular weight excluding hydrogens is 306 g/mol. The topological polar surface area (TPSA) is 106 Å². The van der Waals surface area contributed by atoms with Gasteiger partial charge in [-0.15, -0.1) is 6.42 Å². The number of rotatable bonds is 5. The first-order chi connectivity index (χ1) is 11.5. The molecule has 4 N–H and O–H groups in total. The molecule has 2 aromatic carbocycles. The molecular formula is C18H15N3O3. The van der Waals surface area contributed by atoms with Gasteiger partial charge >= 0.3 is 5.91 Å². The fourth-order valence-corrected chi connectivity index (χ4v) is 2.26. The van der Waals surface area contributed by atoms with Gasteiger partial charge in [0, 0.05) is 16.9 Å². The van der Waals surface area contributed by atoms with Crippen LogP contribution in [0.3, 0.4) is 0 Å². The molecule has 2 rings (SSSR count). The van der Waals surface area contributed by atoms with E-state index in [1.807, 2.05) is 5.92 Å². The Labute approximate surface area is 139 Å². The van der Waals surface area contributed by atoms with Crippen molar-refractivity contribution in [3.63, 3.8) is 0 Å². The Morgan fingerprint density at radius 3 is 2.38 bits per heavy atom. The van der Waals surface area contributed by atoms with Gasteiger partial charge in [0.15, 0.2) is 0 Å². The molecule has 0 aliphatic rings. The predicted octanol–water partition coefficient (Wildman–Crippen LogP) is 1.27. The van der Waals surface area contributed by atoms with Crippen molar-refractivity contribution in [1.29, 1.82) is 0 Å². The molecule has 2 aromatic rings. The fraction of sp³-hybridized carbons (Fsp3) is 0.0556. The van der Waals surface area contributed by atoms with E-state index in [2.05, 4.69) is 0 Å². The third-order valence-electron chi connectivity index (χ3n) is 3.44. The molecule has 0 heterocycles. The standard InChI is InChI=1S/C18H15N3O3/c1-2-17(23)21(15-5-3-4-13(10-15)18(20)24)16(11-22)12-6-8-14(19)9-7-12/h1,3-11,16H,19H2,(H2,20,24). The molecule has 120 valence electrons. The molecule has 6 heteroatoms. The van der Waals surface area contributed by atoms with E-state index in [1.54, 1.807) is 36.4 Å². The highest BCUT2D eigenvalue weighted by molar-refractivity contribution is 6.08. The molecule has 0 aromatic heterocycles. The minimum atomic E-state index is -0.961. The van der Waals surface area contributed by atoms with E-state index in [4.69, 9.17) is 17.9 Å². The average molecular weight is 321 g/mol. The Balaban J connectivity index is 2.55. The first kappa shape index (κ1) is 16.8. The number of benzene rings is 2. The van der Waals surface area contributed by atoms with E-state index < -0.39 is 17.9 Å². The fourth-order valence-electron chi connectivity index (χ4n) is 2.26. The molecule has 2 amide bonds. The van der Waals surface area contributed by atoms with Crippen molar-refractivity contribution < 1.29 is 14.4 Å². The maximum absolute atomic E-state index is 12.2. The molecule has 0 aliphatic carbocycles. The van der Waals surface area contributed by atoms with E-state index in [1.165, 1.54) is 12.1 Å². The first-order valence-corrected chi connectivity index (χ1v) is 6.98. The van der Waals surface area contributed by atoms with Crippen molar-refractivity contribution in [3.05, 3.63) is 59.7 Å². The number of terminal acetylenes is 1. The molecule has 0 fully saturated rings. The summed E-state index contributed by atoms with van der Waals surface area (Å²) in [6.45, 7) is 0. The number of hydrogen-bond donors (Lipinski definition) is 2. The van der Waals surface area contributed by atoms with Gasteiger partial charge in [-0.3, -0.25) is 14.5 Å². The maximum atomic E-state index is 12.2. The zero-order valence-corrected chi connectivity index (χ0v) is 12.7. The van der Waals surface area contributed by atoms with Gasteiger partial charge in [-0.1, -0.05) is 18.2 Å². The van der Waals surface area contributed by atoms with E-state index in [0.29, 0.717) is 23.2 Å². The van der Waals surface area contributed by atoms with Crippen LogP contribution < -0.4 is 16.4 Å². The SMILES string of the molecule is C#CC(=O)N(c1cccc(C(N)=O)c1)C(C=O)c1ccc(N)cc1. The number of anilines is 2. The summed E-state index contributed by atoms with van der Waals surface area (Å²) in [4.78, 5) is 36.4. The van der Waals surface area contributed by atoms with Gasteiger partial charge in [0.2, 0.25) is 5.91 Å². The molecule has 1 unspecified atom stereocenters. The van der Waals surface area contributed by atoms with Crippen molar-refractivity contribution in [1.82, 2.24) is 0 Å². The number of nitrogens with two attached hydrogens (primary N) is 2. The second-order valence-electron chi connectivity index (χ2n) is 4.98. The second-order valence-corrected chi connectivity index (χ2v) is 4.98. The number of carbonyl (C=O) groups is 3. The van der Waals surface area contributed by atoms with Crippen LogP contribution in [0, 0.1) is 12.3 Å². The lowest BCUT2D eigenvalue weighted by atomic mass is 10.0. The number of nitrogen functional groups attached to an aromatic ring is 1. The smallest absolute Gasteiger partial charge is 0.303 e. The predicted molar refractivity (Wildman–Crippen MR) is 90.9 cm³/mol. The number of hydrogen-bond acceptors (Lipinski definition) is 4. The number of nitrogens with zero attached hydrogens (tertiary/aromatic N) is 1. The zero-order valence-electron chi connectivity index (χ0n) is 12.7. The van der Waals surface area contributed by atoms with Crippen molar-refractivity contribution >= 4 is 29.5 Å². The van der Waals surface area contributed by atoms with Crippen LogP contribution in [-0.2, 0) is 9.59 Å². The highest BCUT2D eigenvalue weighted by Crippen LogP contribution is 2.27. The molecule has 24 heavy (non-hydrogen) atoms. The van der Waals surface area contributed by atoms with E-state index in [0.717, 1.165) is 4.90 Å². The summed E-state index contributed by atoms with van der Waals surface area (Å²) < 4.78 is 0. The van der Waals surface area contributed by atoms with Gasteiger partial charge in [0.1, 0.15) is 12.3 Å². The van der Waals surface area contributed by atoms with Crippen LogP contribution in [0.4, 0.5) is 11.4 Å². The van der Waals surface area contributed by atoms with E-state index in [-0.39, 0.29) is 5.56 Å².